The second-order valence-corrected chi connectivity index (χ2v) is 9.71. The lowest BCUT2D eigenvalue weighted by molar-refractivity contribution is 0.588. The van der Waals surface area contributed by atoms with E-state index in [4.69, 9.17) is 0 Å². The van der Waals surface area contributed by atoms with E-state index in [1.807, 2.05) is 36.4 Å². The zero-order valence-corrected chi connectivity index (χ0v) is 12.6. The minimum atomic E-state index is -3.20. The van der Waals surface area contributed by atoms with Gasteiger partial charge in [0.1, 0.15) is 0 Å². The van der Waals surface area contributed by atoms with E-state index < -0.39 is 17.0 Å². The molecule has 2 aromatic carbocycles. The molecule has 0 radical (unpaired) electrons. The molecule has 0 saturated heterocycles. The number of rotatable bonds is 3. The Labute approximate surface area is 114 Å². The van der Waals surface area contributed by atoms with Gasteiger partial charge in [0.2, 0.25) is 0 Å². The molecule has 0 unspecified atom stereocenters. The van der Waals surface area contributed by atoms with E-state index in [-0.39, 0.29) is 0 Å². The molecular formula is C14H16NO2PS. The van der Waals surface area contributed by atoms with Crippen LogP contribution in [0.15, 0.2) is 64.8 Å². The van der Waals surface area contributed by atoms with Crippen LogP contribution >= 0.6 is 7.29 Å². The van der Waals surface area contributed by atoms with Crippen molar-refractivity contribution in [2.75, 3.05) is 12.5 Å². The molecule has 3 nitrogen and oxygen atoms in total. The van der Waals surface area contributed by atoms with Crippen molar-refractivity contribution in [3.63, 3.8) is 0 Å². The number of nitrogens with zero attached hydrogens (tertiary/aromatic N) is 1. The summed E-state index contributed by atoms with van der Waals surface area (Å²) in [5, 5.41) is 1.22. The molecule has 2 aromatic rings. The predicted octanol–water partition coefficient (Wildman–Crippen LogP) is 2.64. The fourth-order valence-corrected chi connectivity index (χ4v) is 6.20. The van der Waals surface area contributed by atoms with E-state index in [1.165, 1.54) is 12.5 Å². The van der Waals surface area contributed by atoms with Gasteiger partial charge in [0.05, 0.1) is 0 Å². The smallest absolute Gasteiger partial charge is 0.255 e. The molecular weight excluding hydrogens is 277 g/mol. The predicted molar refractivity (Wildman–Crippen MR) is 82.2 cm³/mol. The highest BCUT2D eigenvalue weighted by Gasteiger charge is 2.27. The molecule has 0 aromatic heterocycles. The van der Waals surface area contributed by atoms with Crippen LogP contribution in [0.1, 0.15) is 0 Å². The molecule has 0 aliphatic carbocycles. The Morgan fingerprint density at radius 3 is 1.53 bits per heavy atom. The summed E-state index contributed by atoms with van der Waals surface area (Å²) in [5.41, 5.74) is 0. The highest BCUT2D eigenvalue weighted by Crippen LogP contribution is 2.45. The highest BCUT2D eigenvalue weighted by molar-refractivity contribution is 7.97. The van der Waals surface area contributed by atoms with Gasteiger partial charge in [0, 0.05) is 32.8 Å². The molecule has 0 heterocycles. The zero-order valence-electron chi connectivity index (χ0n) is 10.9. The summed E-state index contributed by atoms with van der Waals surface area (Å²) in [4.78, 5) is 0. The zero-order chi connectivity index (χ0) is 13.9. The average Bonchev–Trinajstić information content (AvgIpc) is 2.39. The third kappa shape index (κ3) is 3.34. The average molecular weight is 293 g/mol. The van der Waals surface area contributed by atoms with Crippen LogP contribution in [0.4, 0.5) is 0 Å². The van der Waals surface area contributed by atoms with Crippen LogP contribution in [0.5, 0.6) is 0 Å². The quantitative estimate of drug-likeness (QED) is 0.817. The first-order chi connectivity index (χ1) is 8.92. The van der Waals surface area contributed by atoms with E-state index in [2.05, 4.69) is 4.13 Å². The van der Waals surface area contributed by atoms with Crippen molar-refractivity contribution in [2.45, 2.75) is 0 Å². The van der Waals surface area contributed by atoms with Gasteiger partial charge in [0.25, 0.3) is 7.29 Å². The summed E-state index contributed by atoms with van der Waals surface area (Å²) in [6, 6.07) is 18.0. The van der Waals surface area contributed by atoms with Crippen molar-refractivity contribution in [3.8, 4) is 0 Å². The number of hydrogen-bond donors (Lipinski definition) is 0. The fraction of sp³-hybridized carbons (Fsp3) is 0.143. The van der Waals surface area contributed by atoms with Crippen LogP contribution in [0.3, 0.4) is 0 Å². The van der Waals surface area contributed by atoms with Crippen LogP contribution < -0.4 is 10.6 Å². The first-order valence-corrected chi connectivity index (χ1v) is 9.81. The minimum absolute atomic E-state index is 0.609. The van der Waals surface area contributed by atoms with Gasteiger partial charge in [-0.1, -0.05) is 36.4 Å². The second-order valence-electron chi connectivity index (χ2n) is 4.51. The van der Waals surface area contributed by atoms with E-state index in [0.717, 1.165) is 0 Å². The minimum Gasteiger partial charge on any atom is -0.288 e. The lowest BCUT2D eigenvalue weighted by atomic mass is 10.4. The Morgan fingerprint density at radius 1 is 0.842 bits per heavy atom. The monoisotopic (exact) mass is 293 g/mol. The number of hydrogen-bond acceptors (Lipinski definition) is 2. The first-order valence-electron chi connectivity index (χ1n) is 5.82. The van der Waals surface area contributed by atoms with Crippen LogP contribution in [0.25, 0.3) is 0 Å². The van der Waals surface area contributed by atoms with Crippen molar-refractivity contribution in [1.29, 1.82) is 0 Å². The first kappa shape index (κ1) is 14.0. The third-order valence-electron chi connectivity index (χ3n) is 2.52. The van der Waals surface area contributed by atoms with Crippen LogP contribution in [-0.2, 0) is 14.3 Å². The van der Waals surface area contributed by atoms with E-state index in [9.17, 15) is 8.77 Å². The Bertz CT molecular complexity index is 668. The summed E-state index contributed by atoms with van der Waals surface area (Å²) < 4.78 is 29.5. The van der Waals surface area contributed by atoms with Gasteiger partial charge in [-0.15, -0.1) is 0 Å². The van der Waals surface area contributed by atoms with E-state index in [1.54, 1.807) is 24.3 Å². The van der Waals surface area contributed by atoms with Gasteiger partial charge >= 0.3 is 0 Å². The Balaban J connectivity index is 2.73. The third-order valence-corrected chi connectivity index (χ3v) is 7.01. The summed E-state index contributed by atoms with van der Waals surface area (Å²) >= 11 is 0. The molecule has 2 rings (SSSR count). The lowest BCUT2D eigenvalue weighted by Crippen LogP contribution is -2.15. The Morgan fingerprint density at radius 2 is 1.21 bits per heavy atom. The Kier molecular flexibility index (Phi) is 3.93. The molecule has 0 aliphatic heterocycles. The van der Waals surface area contributed by atoms with Gasteiger partial charge in [-0.25, -0.2) is 4.21 Å². The second kappa shape index (κ2) is 5.32. The van der Waals surface area contributed by atoms with Gasteiger partial charge in [-0.3, -0.25) is 4.57 Å². The van der Waals surface area contributed by atoms with Gasteiger partial charge < -0.3 is 0 Å². The summed E-state index contributed by atoms with van der Waals surface area (Å²) in [5.74, 6) is 0. The molecule has 0 saturated carbocycles. The maximum Gasteiger partial charge on any atom is 0.255 e. The van der Waals surface area contributed by atoms with Crippen molar-refractivity contribution in [2.24, 2.45) is 4.13 Å². The van der Waals surface area contributed by atoms with Crippen LogP contribution in [0, 0.1) is 0 Å². The van der Waals surface area contributed by atoms with Gasteiger partial charge in [0.15, 0.2) is 0 Å². The standard InChI is InChI=1S/C14H16NO2PS/c1-19(2,17)15-18(16,13-9-5-3-6-10-13)14-11-7-4-8-12-14/h3-12H,1-2H3. The maximum atomic E-state index is 13.3. The fourth-order valence-electron chi connectivity index (χ4n) is 1.78. The topological polar surface area (TPSA) is 46.5 Å². The molecule has 0 N–H and O–H groups in total. The number of benzene rings is 2. The molecule has 0 amide bonds. The van der Waals surface area contributed by atoms with Crippen molar-refractivity contribution < 1.29 is 8.77 Å². The van der Waals surface area contributed by atoms with E-state index >= 15 is 0 Å². The van der Waals surface area contributed by atoms with Gasteiger partial charge in [-0.2, -0.15) is 4.13 Å². The summed E-state index contributed by atoms with van der Waals surface area (Å²) in [7, 11) is -5.66. The molecule has 0 fully saturated rings. The highest BCUT2D eigenvalue weighted by atomic mass is 32.2. The summed E-state index contributed by atoms with van der Waals surface area (Å²) in [6.07, 6.45) is 3.01. The van der Waals surface area contributed by atoms with Crippen LogP contribution in [-0.4, -0.2) is 16.7 Å². The maximum absolute atomic E-state index is 13.3. The molecule has 0 bridgehead atoms. The van der Waals surface area contributed by atoms with Crippen molar-refractivity contribution in [3.05, 3.63) is 60.7 Å². The van der Waals surface area contributed by atoms with E-state index in [0.29, 0.717) is 10.6 Å². The largest absolute Gasteiger partial charge is 0.288 e. The normalized spacial score (nSPS) is 12.1. The summed E-state index contributed by atoms with van der Waals surface area (Å²) in [6.45, 7) is 0. The Hall–Kier alpha value is -1.38. The molecule has 5 heteroatoms. The van der Waals surface area contributed by atoms with Crippen LogP contribution in [0.2, 0.25) is 0 Å². The van der Waals surface area contributed by atoms with Crippen molar-refractivity contribution in [1.82, 2.24) is 0 Å². The lowest BCUT2D eigenvalue weighted by Gasteiger charge is -2.15. The SMILES string of the molecule is CS(C)(=O)=NP(=O)(c1ccccc1)c1ccccc1. The van der Waals surface area contributed by atoms with Gasteiger partial charge in [-0.05, 0) is 24.3 Å². The van der Waals surface area contributed by atoms with Crippen molar-refractivity contribution >= 4 is 27.6 Å². The molecule has 0 aliphatic rings. The molecule has 100 valence electrons. The molecule has 0 spiro atoms. The molecule has 0 atom stereocenters. The molecule has 19 heavy (non-hydrogen) atoms.